The van der Waals surface area contributed by atoms with E-state index in [0.717, 1.165) is 32.5 Å². The van der Waals surface area contributed by atoms with Crippen LogP contribution in [0.1, 0.15) is 24.8 Å². The molecule has 3 N–H and O–H groups in total. The predicted octanol–water partition coefficient (Wildman–Crippen LogP) is 1.88. The highest BCUT2D eigenvalue weighted by Gasteiger charge is 2.24. The molecule has 0 amide bonds. The maximum absolute atomic E-state index is 5.63. The second-order valence-corrected chi connectivity index (χ2v) is 4.77. The van der Waals surface area contributed by atoms with Crippen molar-refractivity contribution >= 4 is 0 Å². The Morgan fingerprint density at radius 1 is 1.35 bits per heavy atom. The second kappa shape index (κ2) is 6.74. The average Bonchev–Trinajstić information content (AvgIpc) is 2.90. The van der Waals surface area contributed by atoms with Gasteiger partial charge in [0.15, 0.2) is 0 Å². The number of hydrogen-bond acceptors (Lipinski definition) is 3. The zero-order chi connectivity index (χ0) is 11.9. The maximum atomic E-state index is 5.63. The van der Waals surface area contributed by atoms with E-state index in [4.69, 9.17) is 10.6 Å². The summed E-state index contributed by atoms with van der Waals surface area (Å²) < 4.78 is 5.41. The van der Waals surface area contributed by atoms with E-state index in [-0.39, 0.29) is 0 Å². The summed E-state index contributed by atoms with van der Waals surface area (Å²) in [5.74, 6) is 6.22. The summed E-state index contributed by atoms with van der Waals surface area (Å²) in [6, 6.07) is 11.0. The molecule has 1 fully saturated rings. The SMILES string of the molecule is NNC(CCCc1ccccc1)C1CCOC1. The molecule has 0 bridgehead atoms. The molecule has 1 aromatic rings. The number of ether oxygens (including phenoxy) is 1. The highest BCUT2D eigenvalue weighted by Crippen LogP contribution is 2.20. The van der Waals surface area contributed by atoms with Gasteiger partial charge in [-0.05, 0) is 31.2 Å². The summed E-state index contributed by atoms with van der Waals surface area (Å²) in [6.07, 6.45) is 4.57. The van der Waals surface area contributed by atoms with Crippen LogP contribution in [0.15, 0.2) is 30.3 Å². The van der Waals surface area contributed by atoms with Crippen molar-refractivity contribution in [2.45, 2.75) is 31.7 Å². The molecule has 2 unspecified atom stereocenters. The third-order valence-corrected chi connectivity index (χ3v) is 3.57. The molecule has 1 saturated heterocycles. The quantitative estimate of drug-likeness (QED) is 0.583. The Hall–Kier alpha value is -0.900. The van der Waals surface area contributed by atoms with Crippen LogP contribution in [0.5, 0.6) is 0 Å². The van der Waals surface area contributed by atoms with Gasteiger partial charge in [-0.1, -0.05) is 30.3 Å². The molecule has 0 aromatic heterocycles. The first-order valence-corrected chi connectivity index (χ1v) is 6.48. The van der Waals surface area contributed by atoms with Crippen LogP contribution in [0.4, 0.5) is 0 Å². The Morgan fingerprint density at radius 2 is 2.18 bits per heavy atom. The van der Waals surface area contributed by atoms with Gasteiger partial charge in [-0.2, -0.15) is 0 Å². The Labute approximate surface area is 103 Å². The number of nitrogens with one attached hydrogen (secondary N) is 1. The zero-order valence-corrected chi connectivity index (χ0v) is 10.3. The molecule has 0 aliphatic carbocycles. The van der Waals surface area contributed by atoms with Crippen LogP contribution in [0.2, 0.25) is 0 Å². The number of benzene rings is 1. The standard InChI is InChI=1S/C14H22N2O/c15-16-14(13-9-10-17-11-13)8-4-7-12-5-2-1-3-6-12/h1-3,5-6,13-14,16H,4,7-11,15H2. The lowest BCUT2D eigenvalue weighted by Gasteiger charge is -2.21. The fourth-order valence-corrected chi connectivity index (χ4v) is 2.50. The number of nitrogens with two attached hydrogens (primary N) is 1. The Morgan fingerprint density at radius 3 is 2.82 bits per heavy atom. The van der Waals surface area contributed by atoms with Crippen LogP contribution in [0.3, 0.4) is 0 Å². The minimum absolute atomic E-state index is 0.404. The van der Waals surface area contributed by atoms with Crippen LogP contribution in [-0.2, 0) is 11.2 Å². The van der Waals surface area contributed by atoms with Gasteiger partial charge in [-0.15, -0.1) is 0 Å². The van der Waals surface area contributed by atoms with Gasteiger partial charge in [0.05, 0.1) is 6.61 Å². The van der Waals surface area contributed by atoms with Gasteiger partial charge in [0.25, 0.3) is 0 Å². The number of hydrazine groups is 1. The molecule has 2 rings (SSSR count). The van der Waals surface area contributed by atoms with E-state index >= 15 is 0 Å². The molecule has 1 heterocycles. The zero-order valence-electron chi connectivity index (χ0n) is 10.3. The Bertz CT molecular complexity index is 309. The lowest BCUT2D eigenvalue weighted by molar-refractivity contribution is 0.175. The van der Waals surface area contributed by atoms with Gasteiger partial charge < -0.3 is 4.74 Å². The van der Waals surface area contributed by atoms with Gasteiger partial charge >= 0.3 is 0 Å². The predicted molar refractivity (Wildman–Crippen MR) is 69.4 cm³/mol. The summed E-state index contributed by atoms with van der Waals surface area (Å²) >= 11 is 0. The molecule has 1 aromatic carbocycles. The highest BCUT2D eigenvalue weighted by molar-refractivity contribution is 5.14. The summed E-state index contributed by atoms with van der Waals surface area (Å²) in [6.45, 7) is 1.75. The fraction of sp³-hybridized carbons (Fsp3) is 0.571. The van der Waals surface area contributed by atoms with E-state index in [2.05, 4.69) is 35.8 Å². The van der Waals surface area contributed by atoms with Gasteiger partial charge in [-0.3, -0.25) is 11.3 Å². The molecular weight excluding hydrogens is 212 g/mol. The lowest BCUT2D eigenvalue weighted by atomic mass is 9.94. The summed E-state index contributed by atoms with van der Waals surface area (Å²) in [5, 5.41) is 0. The third kappa shape index (κ3) is 3.80. The summed E-state index contributed by atoms with van der Waals surface area (Å²) in [7, 11) is 0. The van der Waals surface area contributed by atoms with Crippen molar-refractivity contribution < 1.29 is 4.74 Å². The van der Waals surface area contributed by atoms with Crippen molar-refractivity contribution in [1.82, 2.24) is 5.43 Å². The molecular formula is C14H22N2O. The Balaban J connectivity index is 1.72. The van der Waals surface area contributed by atoms with E-state index in [0.29, 0.717) is 12.0 Å². The van der Waals surface area contributed by atoms with Crippen LogP contribution in [0.25, 0.3) is 0 Å². The highest BCUT2D eigenvalue weighted by atomic mass is 16.5. The smallest absolute Gasteiger partial charge is 0.0510 e. The molecule has 94 valence electrons. The van der Waals surface area contributed by atoms with E-state index in [1.165, 1.54) is 12.0 Å². The fourth-order valence-electron chi connectivity index (χ4n) is 2.50. The molecule has 3 nitrogen and oxygen atoms in total. The average molecular weight is 234 g/mol. The van der Waals surface area contributed by atoms with Crippen molar-refractivity contribution in [3.63, 3.8) is 0 Å². The molecule has 0 spiro atoms. The first kappa shape index (κ1) is 12.6. The van der Waals surface area contributed by atoms with Crippen molar-refractivity contribution in [2.24, 2.45) is 11.8 Å². The molecule has 1 aliphatic heterocycles. The minimum atomic E-state index is 0.404. The van der Waals surface area contributed by atoms with Crippen molar-refractivity contribution in [2.75, 3.05) is 13.2 Å². The third-order valence-electron chi connectivity index (χ3n) is 3.57. The Kier molecular flexibility index (Phi) is 4.98. The van der Waals surface area contributed by atoms with Crippen LogP contribution >= 0.6 is 0 Å². The van der Waals surface area contributed by atoms with Crippen LogP contribution < -0.4 is 11.3 Å². The van der Waals surface area contributed by atoms with Crippen molar-refractivity contribution in [1.29, 1.82) is 0 Å². The summed E-state index contributed by atoms with van der Waals surface area (Å²) in [5.41, 5.74) is 4.36. The molecule has 1 aliphatic rings. The maximum Gasteiger partial charge on any atom is 0.0510 e. The van der Waals surface area contributed by atoms with Crippen molar-refractivity contribution in [3.05, 3.63) is 35.9 Å². The molecule has 0 radical (unpaired) electrons. The minimum Gasteiger partial charge on any atom is -0.381 e. The number of aryl methyl sites for hydroxylation is 1. The van der Waals surface area contributed by atoms with Crippen LogP contribution in [-0.4, -0.2) is 19.3 Å². The van der Waals surface area contributed by atoms with Gasteiger partial charge in [0, 0.05) is 18.6 Å². The first-order chi connectivity index (χ1) is 8.40. The van der Waals surface area contributed by atoms with E-state index in [1.807, 2.05) is 0 Å². The largest absolute Gasteiger partial charge is 0.381 e. The van der Waals surface area contributed by atoms with Gasteiger partial charge in [-0.25, -0.2) is 0 Å². The normalized spacial score (nSPS) is 21.6. The van der Waals surface area contributed by atoms with E-state index < -0.39 is 0 Å². The van der Waals surface area contributed by atoms with Crippen LogP contribution in [0, 0.1) is 5.92 Å². The monoisotopic (exact) mass is 234 g/mol. The molecule has 17 heavy (non-hydrogen) atoms. The summed E-state index contributed by atoms with van der Waals surface area (Å²) in [4.78, 5) is 0. The van der Waals surface area contributed by atoms with Gasteiger partial charge in [0.1, 0.15) is 0 Å². The molecule has 2 atom stereocenters. The first-order valence-electron chi connectivity index (χ1n) is 6.48. The second-order valence-electron chi connectivity index (χ2n) is 4.77. The number of rotatable bonds is 6. The van der Waals surface area contributed by atoms with E-state index in [9.17, 15) is 0 Å². The lowest BCUT2D eigenvalue weighted by Crippen LogP contribution is -2.41. The topological polar surface area (TPSA) is 47.3 Å². The van der Waals surface area contributed by atoms with E-state index in [1.54, 1.807) is 0 Å². The molecule has 3 heteroatoms. The number of hydrogen-bond donors (Lipinski definition) is 2. The molecule has 0 saturated carbocycles. The van der Waals surface area contributed by atoms with Crippen molar-refractivity contribution in [3.8, 4) is 0 Å². The van der Waals surface area contributed by atoms with Gasteiger partial charge in [0.2, 0.25) is 0 Å².